The molecule has 0 aliphatic heterocycles. The molecule has 0 fully saturated rings. The highest BCUT2D eigenvalue weighted by Gasteiger charge is 2.12. The second-order valence-corrected chi connectivity index (χ2v) is 4.10. The van der Waals surface area contributed by atoms with Crippen molar-refractivity contribution in [2.45, 2.75) is 12.1 Å². The Morgan fingerprint density at radius 3 is 2.50 bits per heavy atom. The molecule has 84 valence electrons. The van der Waals surface area contributed by atoms with E-state index < -0.39 is 0 Å². The summed E-state index contributed by atoms with van der Waals surface area (Å²) < 4.78 is 2.11. The third-order valence-corrected chi connectivity index (χ3v) is 2.80. The van der Waals surface area contributed by atoms with Gasteiger partial charge in [0.1, 0.15) is 18.1 Å². The number of benzene rings is 1. The van der Waals surface area contributed by atoms with Gasteiger partial charge < -0.3 is 24.0 Å². The SMILES string of the molecule is CSc1ncc(C)c[n+]1-c1ccccc1.[I-]. The van der Waals surface area contributed by atoms with Gasteiger partial charge in [-0.05, 0) is 42.1 Å². The van der Waals surface area contributed by atoms with Gasteiger partial charge in [-0.15, -0.1) is 0 Å². The zero-order valence-corrected chi connectivity index (χ0v) is 12.2. The summed E-state index contributed by atoms with van der Waals surface area (Å²) in [5.74, 6) is 0. The molecule has 0 saturated heterocycles. The summed E-state index contributed by atoms with van der Waals surface area (Å²) in [7, 11) is 0. The monoisotopic (exact) mass is 344 g/mol. The molecule has 0 amide bonds. The van der Waals surface area contributed by atoms with Crippen molar-refractivity contribution in [3.05, 3.63) is 48.3 Å². The first kappa shape index (κ1) is 13.4. The van der Waals surface area contributed by atoms with Crippen molar-refractivity contribution >= 4 is 11.8 Å². The van der Waals surface area contributed by atoms with E-state index in [9.17, 15) is 0 Å². The Morgan fingerprint density at radius 1 is 1.19 bits per heavy atom. The quantitative estimate of drug-likeness (QED) is 0.313. The molecule has 1 aromatic carbocycles. The number of hydrogen-bond donors (Lipinski definition) is 0. The molecule has 2 nitrogen and oxygen atoms in total. The third kappa shape index (κ3) is 2.95. The molecular formula is C12H13IN2S. The lowest BCUT2D eigenvalue weighted by Gasteiger charge is -2.01. The Kier molecular flexibility index (Phi) is 5.21. The number of aromatic nitrogens is 2. The fourth-order valence-electron chi connectivity index (χ4n) is 1.44. The van der Waals surface area contributed by atoms with Crippen LogP contribution in [0.1, 0.15) is 5.56 Å². The second kappa shape index (κ2) is 6.20. The molecule has 0 saturated carbocycles. The van der Waals surface area contributed by atoms with Crippen LogP contribution >= 0.6 is 11.8 Å². The Labute approximate surface area is 117 Å². The van der Waals surface area contributed by atoms with Crippen molar-refractivity contribution in [1.82, 2.24) is 4.98 Å². The lowest BCUT2D eigenvalue weighted by molar-refractivity contribution is -0.641. The van der Waals surface area contributed by atoms with Crippen LogP contribution in [0, 0.1) is 6.92 Å². The third-order valence-electron chi connectivity index (χ3n) is 2.13. The van der Waals surface area contributed by atoms with E-state index in [4.69, 9.17) is 0 Å². The first-order chi connectivity index (χ1) is 7.31. The molecule has 2 rings (SSSR count). The van der Waals surface area contributed by atoms with Crippen LogP contribution in [0.3, 0.4) is 0 Å². The maximum absolute atomic E-state index is 4.40. The van der Waals surface area contributed by atoms with Gasteiger partial charge >= 0.3 is 5.16 Å². The first-order valence-electron chi connectivity index (χ1n) is 4.79. The standard InChI is InChI=1S/C12H13N2S.HI/c1-10-8-13-12(15-2)14(9-10)11-6-4-3-5-7-11;/h3-9H,1-2H3;1H/q+1;/p-1. The van der Waals surface area contributed by atoms with Gasteiger partial charge in [-0.3, -0.25) is 0 Å². The molecule has 0 unspecified atom stereocenters. The largest absolute Gasteiger partial charge is 1.00 e. The summed E-state index contributed by atoms with van der Waals surface area (Å²) >= 11 is 1.65. The van der Waals surface area contributed by atoms with E-state index in [2.05, 4.69) is 34.8 Å². The van der Waals surface area contributed by atoms with E-state index in [1.165, 1.54) is 0 Å². The van der Waals surface area contributed by atoms with Crippen LogP contribution in [-0.4, -0.2) is 11.2 Å². The van der Waals surface area contributed by atoms with Gasteiger partial charge in [0.25, 0.3) is 0 Å². The van der Waals surface area contributed by atoms with E-state index >= 15 is 0 Å². The van der Waals surface area contributed by atoms with Crippen LogP contribution in [0.5, 0.6) is 0 Å². The molecular weight excluding hydrogens is 331 g/mol. The van der Waals surface area contributed by atoms with Gasteiger partial charge in [0, 0.05) is 5.56 Å². The molecule has 0 aliphatic carbocycles. The molecule has 0 atom stereocenters. The number of nitrogens with zero attached hydrogens (tertiary/aromatic N) is 2. The molecule has 0 N–H and O–H groups in total. The maximum Gasteiger partial charge on any atom is 0.363 e. The number of halogens is 1. The van der Waals surface area contributed by atoms with Gasteiger partial charge in [-0.25, -0.2) is 0 Å². The smallest absolute Gasteiger partial charge is 0.363 e. The lowest BCUT2D eigenvalue weighted by Crippen LogP contribution is -3.00. The number of thioether (sulfide) groups is 1. The average Bonchev–Trinajstić information content (AvgIpc) is 2.30. The van der Waals surface area contributed by atoms with Crippen molar-refractivity contribution in [2.75, 3.05) is 6.26 Å². The van der Waals surface area contributed by atoms with E-state index in [0.717, 1.165) is 16.4 Å². The molecule has 0 spiro atoms. The van der Waals surface area contributed by atoms with E-state index in [0.29, 0.717) is 0 Å². The molecule has 1 aromatic heterocycles. The Bertz CT molecular complexity index is 460. The minimum atomic E-state index is 0. The van der Waals surface area contributed by atoms with Crippen LogP contribution in [0.4, 0.5) is 0 Å². The summed E-state index contributed by atoms with van der Waals surface area (Å²) in [6.45, 7) is 2.05. The van der Waals surface area contributed by atoms with Crippen LogP contribution in [0.15, 0.2) is 47.9 Å². The van der Waals surface area contributed by atoms with Crippen molar-refractivity contribution < 1.29 is 28.5 Å². The minimum Gasteiger partial charge on any atom is -1.00 e. The Morgan fingerprint density at radius 2 is 1.88 bits per heavy atom. The van der Waals surface area contributed by atoms with Gasteiger partial charge in [-0.2, -0.15) is 4.57 Å². The summed E-state index contributed by atoms with van der Waals surface area (Å²) in [6.07, 6.45) is 6.04. The van der Waals surface area contributed by atoms with Crippen molar-refractivity contribution in [1.29, 1.82) is 0 Å². The highest BCUT2D eigenvalue weighted by atomic mass is 127. The van der Waals surface area contributed by atoms with Crippen LogP contribution in [0.2, 0.25) is 0 Å². The predicted octanol–water partition coefficient (Wildman–Crippen LogP) is -0.607. The number of aryl methyl sites for hydroxylation is 1. The van der Waals surface area contributed by atoms with Crippen LogP contribution < -0.4 is 28.5 Å². The maximum atomic E-state index is 4.40. The highest BCUT2D eigenvalue weighted by molar-refractivity contribution is 7.98. The first-order valence-corrected chi connectivity index (χ1v) is 6.01. The summed E-state index contributed by atoms with van der Waals surface area (Å²) in [4.78, 5) is 4.40. The van der Waals surface area contributed by atoms with Crippen molar-refractivity contribution in [3.63, 3.8) is 0 Å². The number of rotatable bonds is 2. The Balaban J connectivity index is 0.00000128. The zero-order valence-electron chi connectivity index (χ0n) is 9.22. The minimum absolute atomic E-state index is 0. The predicted molar refractivity (Wildman–Crippen MR) is 62.3 cm³/mol. The number of hydrogen-bond acceptors (Lipinski definition) is 2. The molecule has 0 radical (unpaired) electrons. The normalized spacial score (nSPS) is 9.62. The summed E-state index contributed by atoms with van der Waals surface area (Å²) in [5.41, 5.74) is 2.31. The molecule has 2 aromatic rings. The molecule has 4 heteroatoms. The van der Waals surface area contributed by atoms with E-state index in [-0.39, 0.29) is 24.0 Å². The second-order valence-electron chi connectivity index (χ2n) is 3.32. The molecule has 0 bridgehead atoms. The molecule has 16 heavy (non-hydrogen) atoms. The zero-order chi connectivity index (χ0) is 10.7. The topological polar surface area (TPSA) is 16.8 Å². The fourth-order valence-corrected chi connectivity index (χ4v) is 1.95. The Hall–Kier alpha value is -0.620. The van der Waals surface area contributed by atoms with Gasteiger partial charge in [0.2, 0.25) is 0 Å². The van der Waals surface area contributed by atoms with Gasteiger partial charge in [0.15, 0.2) is 0 Å². The summed E-state index contributed by atoms with van der Waals surface area (Å²) in [6, 6.07) is 10.3. The lowest BCUT2D eigenvalue weighted by atomic mass is 10.3. The van der Waals surface area contributed by atoms with Gasteiger partial charge in [-0.1, -0.05) is 18.2 Å². The number of para-hydroxylation sites is 1. The average molecular weight is 344 g/mol. The summed E-state index contributed by atoms with van der Waals surface area (Å²) in [5, 5.41) is 1.01. The van der Waals surface area contributed by atoms with Crippen LogP contribution in [-0.2, 0) is 0 Å². The fraction of sp³-hybridized carbons (Fsp3) is 0.167. The van der Waals surface area contributed by atoms with E-state index in [1.807, 2.05) is 30.7 Å². The van der Waals surface area contributed by atoms with Crippen molar-refractivity contribution in [2.24, 2.45) is 0 Å². The molecule has 1 heterocycles. The molecule has 0 aliphatic rings. The highest BCUT2D eigenvalue weighted by Crippen LogP contribution is 2.09. The van der Waals surface area contributed by atoms with Crippen molar-refractivity contribution in [3.8, 4) is 5.69 Å². The van der Waals surface area contributed by atoms with Crippen LogP contribution in [0.25, 0.3) is 5.69 Å². The van der Waals surface area contributed by atoms with E-state index in [1.54, 1.807) is 11.8 Å². The van der Waals surface area contributed by atoms with Gasteiger partial charge in [0.05, 0.1) is 0 Å².